The van der Waals surface area contributed by atoms with Gasteiger partial charge in [0.2, 0.25) is 5.91 Å². The third-order valence-corrected chi connectivity index (χ3v) is 4.63. The second-order valence-corrected chi connectivity index (χ2v) is 6.45. The quantitative estimate of drug-likeness (QED) is 0.821. The molecule has 1 fully saturated rings. The molecule has 1 unspecified atom stereocenters. The Morgan fingerprint density at radius 2 is 2.13 bits per heavy atom. The van der Waals surface area contributed by atoms with Gasteiger partial charge in [-0.2, -0.15) is 5.10 Å². The molecule has 4 nitrogen and oxygen atoms in total. The highest BCUT2D eigenvalue weighted by Gasteiger charge is 2.28. The van der Waals surface area contributed by atoms with Crippen LogP contribution < -0.4 is 0 Å². The highest BCUT2D eigenvalue weighted by molar-refractivity contribution is 5.76. The van der Waals surface area contributed by atoms with Gasteiger partial charge in [-0.1, -0.05) is 29.8 Å². The number of rotatable bonds is 6. The molecule has 0 spiro atoms. The number of carbonyl (C=O) groups is 1. The van der Waals surface area contributed by atoms with Gasteiger partial charge in [0.05, 0.1) is 0 Å². The van der Waals surface area contributed by atoms with Crippen LogP contribution >= 0.6 is 0 Å². The average Bonchev–Trinajstić information content (AvgIpc) is 3.21. The van der Waals surface area contributed by atoms with Gasteiger partial charge >= 0.3 is 0 Å². The fourth-order valence-electron chi connectivity index (χ4n) is 3.34. The smallest absolute Gasteiger partial charge is 0.222 e. The topological polar surface area (TPSA) is 38.1 Å². The zero-order valence-electron chi connectivity index (χ0n) is 13.8. The molecule has 3 rings (SSSR count). The van der Waals surface area contributed by atoms with Crippen LogP contribution in [0.25, 0.3) is 0 Å². The fraction of sp³-hybridized carbons (Fsp3) is 0.474. The molecular formula is C19H25N3O. The second-order valence-electron chi connectivity index (χ2n) is 6.45. The van der Waals surface area contributed by atoms with Crippen molar-refractivity contribution in [3.63, 3.8) is 0 Å². The summed E-state index contributed by atoms with van der Waals surface area (Å²) in [6.07, 6.45) is 8.42. The van der Waals surface area contributed by atoms with E-state index >= 15 is 0 Å². The lowest BCUT2D eigenvalue weighted by Crippen LogP contribution is -2.36. The largest absolute Gasteiger partial charge is 0.339 e. The molecule has 0 bridgehead atoms. The van der Waals surface area contributed by atoms with Gasteiger partial charge in [-0.15, -0.1) is 0 Å². The lowest BCUT2D eigenvalue weighted by Gasteiger charge is -2.25. The number of nitrogens with zero attached hydrogens (tertiary/aromatic N) is 3. The number of aromatic nitrogens is 2. The van der Waals surface area contributed by atoms with Crippen molar-refractivity contribution in [2.45, 2.75) is 51.6 Å². The number of amides is 1. The third-order valence-electron chi connectivity index (χ3n) is 4.63. The third kappa shape index (κ3) is 4.21. The number of hydrogen-bond donors (Lipinski definition) is 0. The Morgan fingerprint density at radius 1 is 1.30 bits per heavy atom. The summed E-state index contributed by atoms with van der Waals surface area (Å²) in [6.45, 7) is 3.83. The summed E-state index contributed by atoms with van der Waals surface area (Å²) in [6, 6.07) is 11.0. The van der Waals surface area contributed by atoms with Gasteiger partial charge < -0.3 is 4.90 Å². The molecule has 1 aliphatic heterocycles. The summed E-state index contributed by atoms with van der Waals surface area (Å²) in [5, 5.41) is 4.18. The summed E-state index contributed by atoms with van der Waals surface area (Å²) < 4.78 is 1.89. The normalized spacial score (nSPS) is 17.6. The minimum absolute atomic E-state index is 0.298. The van der Waals surface area contributed by atoms with Gasteiger partial charge in [-0.05, 0) is 44.2 Å². The molecule has 1 aromatic carbocycles. The van der Waals surface area contributed by atoms with Crippen LogP contribution in [0.4, 0.5) is 0 Å². The highest BCUT2D eigenvalue weighted by atomic mass is 16.2. The van der Waals surface area contributed by atoms with Gasteiger partial charge in [0.15, 0.2) is 0 Å². The maximum atomic E-state index is 12.5. The van der Waals surface area contributed by atoms with E-state index in [0.29, 0.717) is 18.4 Å². The molecule has 23 heavy (non-hydrogen) atoms. The van der Waals surface area contributed by atoms with E-state index in [1.165, 1.54) is 11.1 Å². The van der Waals surface area contributed by atoms with Crippen molar-refractivity contribution >= 4 is 5.91 Å². The number of hydrogen-bond acceptors (Lipinski definition) is 2. The van der Waals surface area contributed by atoms with Crippen LogP contribution in [0.2, 0.25) is 0 Å². The van der Waals surface area contributed by atoms with Gasteiger partial charge in [0, 0.05) is 37.9 Å². The Kier molecular flexibility index (Phi) is 5.11. The number of benzene rings is 1. The zero-order chi connectivity index (χ0) is 16.1. The van der Waals surface area contributed by atoms with Crippen molar-refractivity contribution in [1.82, 2.24) is 14.7 Å². The lowest BCUT2D eigenvalue weighted by atomic mass is 10.0. The summed E-state index contributed by atoms with van der Waals surface area (Å²) in [5.41, 5.74) is 2.61. The van der Waals surface area contributed by atoms with Gasteiger partial charge in [0.1, 0.15) is 0 Å². The summed E-state index contributed by atoms with van der Waals surface area (Å²) in [4.78, 5) is 14.6. The highest BCUT2D eigenvalue weighted by Crippen LogP contribution is 2.22. The van der Waals surface area contributed by atoms with E-state index in [0.717, 1.165) is 38.8 Å². The molecule has 1 amide bonds. The van der Waals surface area contributed by atoms with Gasteiger partial charge in [-0.25, -0.2) is 0 Å². The Morgan fingerprint density at radius 3 is 2.87 bits per heavy atom. The first-order valence-electron chi connectivity index (χ1n) is 8.55. The molecule has 0 saturated carbocycles. The molecule has 4 heteroatoms. The second kappa shape index (κ2) is 7.44. The van der Waals surface area contributed by atoms with E-state index in [9.17, 15) is 4.79 Å². The predicted molar refractivity (Wildman–Crippen MR) is 91.1 cm³/mol. The van der Waals surface area contributed by atoms with E-state index in [-0.39, 0.29) is 0 Å². The minimum Gasteiger partial charge on any atom is -0.339 e. The summed E-state index contributed by atoms with van der Waals surface area (Å²) >= 11 is 0. The maximum absolute atomic E-state index is 12.5. The monoisotopic (exact) mass is 311 g/mol. The Hall–Kier alpha value is -2.10. The predicted octanol–water partition coefficient (Wildman–Crippen LogP) is 3.21. The van der Waals surface area contributed by atoms with Crippen LogP contribution in [0.1, 0.15) is 36.8 Å². The van der Waals surface area contributed by atoms with Gasteiger partial charge in [-0.3, -0.25) is 9.48 Å². The van der Waals surface area contributed by atoms with Crippen molar-refractivity contribution in [2.75, 3.05) is 6.54 Å². The molecule has 1 aliphatic rings. The van der Waals surface area contributed by atoms with Crippen LogP contribution in [0, 0.1) is 6.92 Å². The lowest BCUT2D eigenvalue weighted by molar-refractivity contribution is -0.132. The standard InChI is InChI=1S/C19H25N3O/c1-16-7-9-17(10-8-16)15-18-5-2-14-22(18)19(23)6-3-12-21-13-4-11-20-21/h4,7-11,13,18H,2-3,5-6,12,14-15H2,1H3. The summed E-state index contributed by atoms with van der Waals surface area (Å²) in [7, 11) is 0. The molecular weight excluding hydrogens is 286 g/mol. The number of likely N-dealkylation sites (tertiary alicyclic amines) is 1. The first-order chi connectivity index (χ1) is 11.2. The maximum Gasteiger partial charge on any atom is 0.222 e. The molecule has 0 radical (unpaired) electrons. The molecule has 0 N–H and O–H groups in total. The zero-order valence-corrected chi connectivity index (χ0v) is 13.8. The van der Waals surface area contributed by atoms with E-state index in [4.69, 9.17) is 0 Å². The number of carbonyl (C=O) groups excluding carboxylic acids is 1. The minimum atomic E-state index is 0.298. The van der Waals surface area contributed by atoms with Crippen LogP contribution in [-0.2, 0) is 17.8 Å². The van der Waals surface area contributed by atoms with E-state index < -0.39 is 0 Å². The van der Waals surface area contributed by atoms with E-state index in [1.807, 2.05) is 16.9 Å². The van der Waals surface area contributed by atoms with Crippen molar-refractivity contribution in [3.05, 3.63) is 53.9 Å². The molecule has 2 aromatic rings. The van der Waals surface area contributed by atoms with Crippen LogP contribution in [0.3, 0.4) is 0 Å². The van der Waals surface area contributed by atoms with E-state index in [2.05, 4.69) is 41.2 Å². The Bertz CT molecular complexity index is 619. The molecule has 1 saturated heterocycles. The first-order valence-corrected chi connectivity index (χ1v) is 8.55. The van der Waals surface area contributed by atoms with Crippen LogP contribution in [0.5, 0.6) is 0 Å². The fourth-order valence-corrected chi connectivity index (χ4v) is 3.34. The van der Waals surface area contributed by atoms with E-state index in [1.54, 1.807) is 6.20 Å². The molecule has 1 aromatic heterocycles. The molecule has 2 heterocycles. The van der Waals surface area contributed by atoms with Crippen LogP contribution in [0.15, 0.2) is 42.7 Å². The Labute approximate surface area is 138 Å². The summed E-state index contributed by atoms with van der Waals surface area (Å²) in [5.74, 6) is 0.298. The number of aryl methyl sites for hydroxylation is 2. The van der Waals surface area contributed by atoms with Crippen molar-refractivity contribution in [1.29, 1.82) is 0 Å². The van der Waals surface area contributed by atoms with Gasteiger partial charge in [0.25, 0.3) is 0 Å². The molecule has 0 aliphatic carbocycles. The van der Waals surface area contributed by atoms with Crippen molar-refractivity contribution < 1.29 is 4.79 Å². The Balaban J connectivity index is 1.51. The first kappa shape index (κ1) is 15.8. The molecule has 1 atom stereocenters. The SMILES string of the molecule is Cc1ccc(CC2CCCN2C(=O)CCCn2cccn2)cc1. The van der Waals surface area contributed by atoms with Crippen molar-refractivity contribution in [3.8, 4) is 0 Å². The molecule has 122 valence electrons. The van der Waals surface area contributed by atoms with Crippen LogP contribution in [-0.4, -0.2) is 33.2 Å². The van der Waals surface area contributed by atoms with Crippen molar-refractivity contribution in [2.24, 2.45) is 0 Å². The average molecular weight is 311 g/mol.